The van der Waals surface area contributed by atoms with Gasteiger partial charge in [-0.3, -0.25) is 0 Å². The van der Waals surface area contributed by atoms with E-state index in [1.807, 2.05) is 6.92 Å². The molecule has 0 amide bonds. The van der Waals surface area contributed by atoms with E-state index in [0.717, 1.165) is 64.2 Å². The van der Waals surface area contributed by atoms with Gasteiger partial charge in [0, 0.05) is 0 Å². The van der Waals surface area contributed by atoms with Gasteiger partial charge in [0.15, 0.2) is 0 Å². The van der Waals surface area contributed by atoms with E-state index in [1.165, 1.54) is 6.08 Å². The normalized spacial score (nSPS) is 12.5. The zero-order chi connectivity index (χ0) is 18.2. The molecule has 0 aliphatic rings. The lowest BCUT2D eigenvalue weighted by molar-refractivity contribution is 0.0431. The Morgan fingerprint density at radius 3 is 2.17 bits per heavy atom. The molecular formula is C18H30O6. The van der Waals surface area contributed by atoms with Crippen molar-refractivity contribution in [2.45, 2.75) is 77.2 Å². The van der Waals surface area contributed by atoms with Crippen LogP contribution in [-0.2, 0) is 9.47 Å². The fraction of sp³-hybridized carbons (Fsp3) is 0.667. The summed E-state index contributed by atoms with van der Waals surface area (Å²) in [6, 6.07) is 0. The molecule has 6 heteroatoms. The summed E-state index contributed by atoms with van der Waals surface area (Å²) in [5.41, 5.74) is 0. The zero-order valence-electron chi connectivity index (χ0n) is 14.5. The highest BCUT2D eigenvalue weighted by molar-refractivity contribution is 5.59. The number of allylic oxidation sites excluding steroid dienone is 2. The second-order valence-electron chi connectivity index (χ2n) is 5.67. The first-order valence-corrected chi connectivity index (χ1v) is 8.62. The van der Waals surface area contributed by atoms with E-state index in [9.17, 15) is 9.59 Å². The van der Waals surface area contributed by atoms with Gasteiger partial charge in [-0.05, 0) is 44.3 Å². The van der Waals surface area contributed by atoms with Crippen molar-refractivity contribution in [3.8, 4) is 0 Å². The maximum atomic E-state index is 10.6. The summed E-state index contributed by atoms with van der Waals surface area (Å²) in [7, 11) is 0. The van der Waals surface area contributed by atoms with Crippen molar-refractivity contribution in [2.75, 3.05) is 0 Å². The van der Waals surface area contributed by atoms with Crippen LogP contribution in [-0.4, -0.2) is 28.6 Å². The predicted molar refractivity (Wildman–Crippen MR) is 92.1 cm³/mol. The van der Waals surface area contributed by atoms with Gasteiger partial charge in [-0.2, -0.15) is 0 Å². The molecule has 2 N–H and O–H groups in total. The van der Waals surface area contributed by atoms with Gasteiger partial charge < -0.3 is 19.7 Å². The first-order chi connectivity index (χ1) is 11.5. The number of unbranched alkanes of at least 4 members (excludes halogenated alkanes) is 6. The Kier molecular flexibility index (Phi) is 13.4. The van der Waals surface area contributed by atoms with E-state index in [1.54, 1.807) is 6.08 Å². The Bertz CT molecular complexity index is 402. The van der Waals surface area contributed by atoms with Crippen molar-refractivity contribution in [3.05, 3.63) is 24.5 Å². The quantitative estimate of drug-likeness (QED) is 0.181. The number of carbonyl (C=O) groups is 2. The average molecular weight is 342 g/mol. The van der Waals surface area contributed by atoms with Crippen molar-refractivity contribution in [3.63, 3.8) is 0 Å². The van der Waals surface area contributed by atoms with E-state index in [-0.39, 0.29) is 11.9 Å². The summed E-state index contributed by atoms with van der Waals surface area (Å²) < 4.78 is 9.39. The van der Waals surface area contributed by atoms with Gasteiger partial charge >= 0.3 is 12.3 Å². The fourth-order valence-electron chi connectivity index (χ4n) is 2.46. The lowest BCUT2D eigenvalue weighted by atomic mass is 10.0. The molecule has 0 aliphatic carbocycles. The standard InChI is InChI=1S/C18H30O6/c1-3-12-16(24-18(21)22)14-11-9-7-5-6-8-10-13-15(4-2)23-17(19)20/h4,13,16H,2-3,5-12,14H2,1H3,(H,19,20)(H,21,22). The molecule has 24 heavy (non-hydrogen) atoms. The lowest BCUT2D eigenvalue weighted by Crippen LogP contribution is -2.16. The smallest absolute Gasteiger partial charge is 0.450 e. The average Bonchev–Trinajstić information content (AvgIpc) is 2.51. The van der Waals surface area contributed by atoms with Crippen LogP contribution in [0.4, 0.5) is 9.59 Å². The molecule has 0 aromatic rings. The first kappa shape index (κ1) is 22.0. The molecular weight excluding hydrogens is 312 g/mol. The molecule has 6 nitrogen and oxygen atoms in total. The summed E-state index contributed by atoms with van der Waals surface area (Å²) in [4.78, 5) is 21.0. The number of carboxylic acid groups (broad SMARTS) is 2. The zero-order valence-corrected chi connectivity index (χ0v) is 14.5. The molecule has 0 radical (unpaired) electrons. The second kappa shape index (κ2) is 14.6. The van der Waals surface area contributed by atoms with E-state index in [0.29, 0.717) is 0 Å². The summed E-state index contributed by atoms with van der Waals surface area (Å²) in [6.45, 7) is 5.52. The molecule has 0 spiro atoms. The van der Waals surface area contributed by atoms with Crippen molar-refractivity contribution in [1.29, 1.82) is 0 Å². The lowest BCUT2D eigenvalue weighted by Gasteiger charge is -2.14. The third-order valence-corrected chi connectivity index (χ3v) is 3.61. The van der Waals surface area contributed by atoms with Crippen molar-refractivity contribution < 1.29 is 29.3 Å². The summed E-state index contributed by atoms with van der Waals surface area (Å²) in [6.07, 6.45) is 9.99. The topological polar surface area (TPSA) is 93.1 Å². The van der Waals surface area contributed by atoms with Gasteiger partial charge in [-0.1, -0.05) is 45.6 Å². The van der Waals surface area contributed by atoms with Crippen LogP contribution in [0.5, 0.6) is 0 Å². The van der Waals surface area contributed by atoms with E-state index >= 15 is 0 Å². The third kappa shape index (κ3) is 13.7. The Hall–Kier alpha value is -1.98. The monoisotopic (exact) mass is 342 g/mol. The van der Waals surface area contributed by atoms with Gasteiger partial charge in [0.25, 0.3) is 0 Å². The maximum Gasteiger partial charge on any atom is 0.511 e. The van der Waals surface area contributed by atoms with Crippen molar-refractivity contribution in [2.24, 2.45) is 0 Å². The number of rotatable bonds is 14. The molecule has 138 valence electrons. The van der Waals surface area contributed by atoms with Crippen molar-refractivity contribution in [1.82, 2.24) is 0 Å². The molecule has 0 saturated heterocycles. The first-order valence-electron chi connectivity index (χ1n) is 8.62. The molecule has 0 aromatic carbocycles. The SMILES string of the molecule is C=CC(=CCCCCCCCCC(CCC)OC(=O)O)OC(=O)O. The predicted octanol–water partition coefficient (Wildman–Crippen LogP) is 5.74. The van der Waals surface area contributed by atoms with Crippen molar-refractivity contribution >= 4 is 12.3 Å². The highest BCUT2D eigenvalue weighted by Gasteiger charge is 2.11. The summed E-state index contributed by atoms with van der Waals surface area (Å²) in [5.74, 6) is 0.280. The molecule has 0 rings (SSSR count). The Labute approximate surface area is 144 Å². The van der Waals surface area contributed by atoms with E-state index < -0.39 is 12.3 Å². The van der Waals surface area contributed by atoms with Crippen LogP contribution in [0.1, 0.15) is 71.1 Å². The second-order valence-corrected chi connectivity index (χ2v) is 5.67. The molecule has 0 saturated carbocycles. The third-order valence-electron chi connectivity index (χ3n) is 3.61. The van der Waals surface area contributed by atoms with Crippen LogP contribution in [0.2, 0.25) is 0 Å². The number of ether oxygens (including phenoxy) is 2. The van der Waals surface area contributed by atoms with Crippen LogP contribution in [0, 0.1) is 0 Å². The van der Waals surface area contributed by atoms with Crippen LogP contribution < -0.4 is 0 Å². The molecule has 0 aromatic heterocycles. The molecule has 0 aliphatic heterocycles. The van der Waals surface area contributed by atoms with Gasteiger partial charge in [0.05, 0.1) is 0 Å². The van der Waals surface area contributed by atoms with Gasteiger partial charge in [0.1, 0.15) is 11.9 Å². The van der Waals surface area contributed by atoms with Gasteiger partial charge in [-0.25, -0.2) is 9.59 Å². The summed E-state index contributed by atoms with van der Waals surface area (Å²) in [5, 5.41) is 17.2. The Balaban J connectivity index is 3.65. The largest absolute Gasteiger partial charge is 0.511 e. The maximum absolute atomic E-state index is 10.6. The van der Waals surface area contributed by atoms with Gasteiger partial charge in [-0.15, -0.1) is 0 Å². The molecule has 0 heterocycles. The molecule has 1 atom stereocenters. The minimum atomic E-state index is -1.32. The van der Waals surface area contributed by atoms with Crippen LogP contribution in [0.3, 0.4) is 0 Å². The van der Waals surface area contributed by atoms with E-state index in [2.05, 4.69) is 11.3 Å². The number of hydrogen-bond donors (Lipinski definition) is 2. The minimum Gasteiger partial charge on any atom is -0.450 e. The van der Waals surface area contributed by atoms with Gasteiger partial charge in [0.2, 0.25) is 0 Å². The molecule has 1 unspecified atom stereocenters. The highest BCUT2D eigenvalue weighted by Crippen LogP contribution is 2.15. The number of hydrogen-bond acceptors (Lipinski definition) is 4. The Morgan fingerprint density at radius 1 is 1.00 bits per heavy atom. The minimum absolute atomic E-state index is 0.177. The van der Waals surface area contributed by atoms with Crippen LogP contribution in [0.15, 0.2) is 24.5 Å². The fourth-order valence-corrected chi connectivity index (χ4v) is 2.46. The summed E-state index contributed by atoms with van der Waals surface area (Å²) >= 11 is 0. The van der Waals surface area contributed by atoms with Crippen LogP contribution >= 0.6 is 0 Å². The van der Waals surface area contributed by atoms with E-state index in [4.69, 9.17) is 14.9 Å². The van der Waals surface area contributed by atoms with Crippen LogP contribution in [0.25, 0.3) is 0 Å². The molecule has 0 bridgehead atoms. The Morgan fingerprint density at radius 2 is 1.62 bits per heavy atom. The molecule has 0 fully saturated rings. The highest BCUT2D eigenvalue weighted by atomic mass is 16.7.